The fourth-order valence-electron chi connectivity index (χ4n) is 3.21. The largest absolute Gasteiger partial charge is 0.347 e. The van der Waals surface area contributed by atoms with Gasteiger partial charge in [-0.25, -0.2) is 0 Å². The van der Waals surface area contributed by atoms with Crippen molar-refractivity contribution >= 4 is 5.91 Å². The molecule has 0 saturated carbocycles. The normalized spacial score (nSPS) is 20.2. The highest BCUT2D eigenvalue weighted by molar-refractivity contribution is 5.92. The number of carbonyl (C=O) groups excluding carboxylic acids is 1. The third-order valence-corrected chi connectivity index (χ3v) is 4.56. The second-order valence-electron chi connectivity index (χ2n) is 6.27. The molecular formula is C18H24N4O. The summed E-state index contributed by atoms with van der Waals surface area (Å²) in [4.78, 5) is 14.7. The van der Waals surface area contributed by atoms with Crippen LogP contribution < -0.4 is 5.32 Å². The standard InChI is InChI=1S/C18H24N4O/c1-14(15-7-4-3-5-8-15)22-11-6-9-16(13-22)19-18(23)17-10-12-21(2)20-17/h3-5,7-8,10,12,14,16H,6,9,11,13H2,1-2H3,(H,19,23). The van der Waals surface area contributed by atoms with Gasteiger partial charge in [0.1, 0.15) is 5.69 Å². The van der Waals surface area contributed by atoms with Gasteiger partial charge in [0.15, 0.2) is 0 Å². The molecule has 2 aromatic rings. The van der Waals surface area contributed by atoms with Crippen LogP contribution in [0.2, 0.25) is 0 Å². The molecule has 0 radical (unpaired) electrons. The first-order valence-corrected chi connectivity index (χ1v) is 8.23. The Hall–Kier alpha value is -2.14. The number of carbonyl (C=O) groups is 1. The predicted molar refractivity (Wildman–Crippen MR) is 90.1 cm³/mol. The van der Waals surface area contributed by atoms with Gasteiger partial charge in [-0.1, -0.05) is 30.3 Å². The van der Waals surface area contributed by atoms with E-state index in [9.17, 15) is 4.79 Å². The molecule has 2 heterocycles. The number of aromatic nitrogens is 2. The van der Waals surface area contributed by atoms with Crippen molar-refractivity contribution < 1.29 is 4.79 Å². The number of aryl methyl sites for hydroxylation is 1. The Bertz CT molecular complexity index is 652. The number of hydrogen-bond donors (Lipinski definition) is 1. The molecule has 1 aliphatic rings. The Labute approximate surface area is 137 Å². The minimum Gasteiger partial charge on any atom is -0.347 e. The number of nitrogens with one attached hydrogen (secondary N) is 1. The van der Waals surface area contributed by atoms with Gasteiger partial charge in [0.25, 0.3) is 5.91 Å². The third kappa shape index (κ3) is 3.79. The van der Waals surface area contributed by atoms with E-state index in [4.69, 9.17) is 0 Å². The van der Waals surface area contributed by atoms with Crippen molar-refractivity contribution in [3.05, 3.63) is 53.9 Å². The van der Waals surface area contributed by atoms with Gasteiger partial charge in [-0.3, -0.25) is 14.4 Å². The van der Waals surface area contributed by atoms with E-state index >= 15 is 0 Å². The van der Waals surface area contributed by atoms with Gasteiger partial charge in [-0.15, -0.1) is 0 Å². The van der Waals surface area contributed by atoms with Gasteiger partial charge in [-0.05, 0) is 37.9 Å². The number of rotatable bonds is 4. The van der Waals surface area contributed by atoms with E-state index in [2.05, 4.69) is 46.5 Å². The first-order valence-electron chi connectivity index (χ1n) is 8.23. The van der Waals surface area contributed by atoms with Crippen molar-refractivity contribution in [1.29, 1.82) is 0 Å². The Morgan fingerprint density at radius 3 is 2.78 bits per heavy atom. The maximum atomic E-state index is 12.3. The summed E-state index contributed by atoms with van der Waals surface area (Å²) in [7, 11) is 1.82. The lowest BCUT2D eigenvalue weighted by Crippen LogP contribution is -2.48. The summed E-state index contributed by atoms with van der Waals surface area (Å²) in [6.07, 6.45) is 3.92. The van der Waals surface area contributed by atoms with Gasteiger partial charge in [-0.2, -0.15) is 5.10 Å². The molecule has 0 aliphatic carbocycles. The zero-order chi connectivity index (χ0) is 16.2. The molecule has 5 heteroatoms. The van der Waals surface area contributed by atoms with E-state index in [1.807, 2.05) is 13.1 Å². The van der Waals surface area contributed by atoms with Crippen molar-refractivity contribution in [3.63, 3.8) is 0 Å². The van der Waals surface area contributed by atoms with Crippen LogP contribution in [-0.2, 0) is 7.05 Å². The van der Waals surface area contributed by atoms with Crippen LogP contribution in [0.1, 0.15) is 41.9 Å². The quantitative estimate of drug-likeness (QED) is 0.943. The molecule has 1 saturated heterocycles. The Morgan fingerprint density at radius 2 is 2.09 bits per heavy atom. The molecule has 3 rings (SSSR count). The van der Waals surface area contributed by atoms with Crippen molar-refractivity contribution in [1.82, 2.24) is 20.0 Å². The molecule has 1 aromatic heterocycles. The average molecular weight is 312 g/mol. The van der Waals surface area contributed by atoms with Gasteiger partial charge in [0.05, 0.1) is 0 Å². The van der Waals surface area contributed by atoms with E-state index < -0.39 is 0 Å². The average Bonchev–Trinajstić information content (AvgIpc) is 3.02. The number of likely N-dealkylation sites (tertiary alicyclic amines) is 1. The van der Waals surface area contributed by atoms with Crippen molar-refractivity contribution in [2.75, 3.05) is 13.1 Å². The van der Waals surface area contributed by atoms with Crippen molar-refractivity contribution in [2.24, 2.45) is 7.05 Å². The molecule has 5 nitrogen and oxygen atoms in total. The van der Waals surface area contributed by atoms with Crippen LogP contribution >= 0.6 is 0 Å². The zero-order valence-electron chi connectivity index (χ0n) is 13.8. The third-order valence-electron chi connectivity index (χ3n) is 4.56. The molecule has 23 heavy (non-hydrogen) atoms. The Kier molecular flexibility index (Phi) is 4.76. The topological polar surface area (TPSA) is 50.2 Å². The molecule has 1 aromatic carbocycles. The SMILES string of the molecule is CC(c1ccccc1)N1CCCC(NC(=O)c2ccn(C)n2)C1. The fraction of sp³-hybridized carbons (Fsp3) is 0.444. The van der Waals surface area contributed by atoms with E-state index in [0.29, 0.717) is 11.7 Å². The fourth-order valence-corrected chi connectivity index (χ4v) is 3.21. The number of amides is 1. The molecule has 1 N–H and O–H groups in total. The predicted octanol–water partition coefficient (Wildman–Crippen LogP) is 2.38. The second kappa shape index (κ2) is 6.96. The van der Waals surface area contributed by atoms with Gasteiger partial charge >= 0.3 is 0 Å². The van der Waals surface area contributed by atoms with Crippen LogP contribution in [0.25, 0.3) is 0 Å². The summed E-state index contributed by atoms with van der Waals surface area (Å²) in [6.45, 7) is 4.19. The number of hydrogen-bond acceptors (Lipinski definition) is 3. The van der Waals surface area contributed by atoms with Crippen LogP contribution in [0.15, 0.2) is 42.6 Å². The molecule has 2 atom stereocenters. The number of piperidine rings is 1. The Balaban J connectivity index is 1.61. The highest BCUT2D eigenvalue weighted by Gasteiger charge is 2.26. The summed E-state index contributed by atoms with van der Waals surface area (Å²) in [5.41, 5.74) is 1.81. The van der Waals surface area contributed by atoms with Crippen LogP contribution in [-0.4, -0.2) is 39.7 Å². The monoisotopic (exact) mass is 312 g/mol. The maximum absolute atomic E-state index is 12.3. The number of nitrogens with zero attached hydrogens (tertiary/aromatic N) is 3. The summed E-state index contributed by atoms with van der Waals surface area (Å²) < 4.78 is 1.65. The lowest BCUT2D eigenvalue weighted by Gasteiger charge is -2.37. The highest BCUT2D eigenvalue weighted by atomic mass is 16.2. The summed E-state index contributed by atoms with van der Waals surface area (Å²) >= 11 is 0. The maximum Gasteiger partial charge on any atom is 0.272 e. The van der Waals surface area contributed by atoms with Crippen molar-refractivity contribution in [3.8, 4) is 0 Å². The minimum absolute atomic E-state index is 0.0789. The summed E-state index contributed by atoms with van der Waals surface area (Å²) in [5, 5.41) is 7.30. The van der Waals surface area contributed by atoms with Crippen LogP contribution in [0.4, 0.5) is 0 Å². The molecule has 0 bridgehead atoms. The van der Waals surface area contributed by atoms with Crippen LogP contribution in [0.3, 0.4) is 0 Å². The van der Waals surface area contributed by atoms with E-state index in [0.717, 1.165) is 25.9 Å². The van der Waals surface area contributed by atoms with E-state index in [1.165, 1.54) is 5.56 Å². The second-order valence-corrected chi connectivity index (χ2v) is 6.27. The molecule has 1 aliphatic heterocycles. The molecule has 1 fully saturated rings. The minimum atomic E-state index is -0.0789. The van der Waals surface area contributed by atoms with Crippen LogP contribution in [0, 0.1) is 0 Å². The van der Waals surface area contributed by atoms with E-state index in [1.54, 1.807) is 16.9 Å². The zero-order valence-corrected chi connectivity index (χ0v) is 13.8. The number of benzene rings is 1. The molecule has 122 valence electrons. The highest BCUT2D eigenvalue weighted by Crippen LogP contribution is 2.24. The van der Waals surface area contributed by atoms with E-state index in [-0.39, 0.29) is 11.9 Å². The van der Waals surface area contributed by atoms with Crippen LogP contribution in [0.5, 0.6) is 0 Å². The molecule has 0 spiro atoms. The smallest absolute Gasteiger partial charge is 0.272 e. The lowest BCUT2D eigenvalue weighted by atomic mass is 10.0. The molecular weight excluding hydrogens is 288 g/mol. The lowest BCUT2D eigenvalue weighted by molar-refractivity contribution is 0.0874. The first-order chi connectivity index (χ1) is 11.1. The summed E-state index contributed by atoms with van der Waals surface area (Å²) in [6, 6.07) is 12.8. The van der Waals surface area contributed by atoms with Gasteiger partial charge < -0.3 is 5.32 Å². The molecule has 2 unspecified atom stereocenters. The first kappa shape index (κ1) is 15.7. The van der Waals surface area contributed by atoms with Crippen molar-refractivity contribution in [2.45, 2.75) is 31.8 Å². The Morgan fingerprint density at radius 1 is 1.30 bits per heavy atom. The summed E-state index contributed by atoms with van der Waals surface area (Å²) in [5.74, 6) is -0.0789. The van der Waals surface area contributed by atoms with Gasteiger partial charge in [0, 0.05) is 31.9 Å². The molecule has 1 amide bonds. The van der Waals surface area contributed by atoms with Gasteiger partial charge in [0.2, 0.25) is 0 Å².